The van der Waals surface area contributed by atoms with Gasteiger partial charge in [0.2, 0.25) is 11.8 Å². The van der Waals surface area contributed by atoms with Crippen LogP contribution >= 0.6 is 23.1 Å². The zero-order chi connectivity index (χ0) is 30.4. The zero-order valence-electron chi connectivity index (χ0n) is 24.7. The molecule has 4 rings (SSSR count). The van der Waals surface area contributed by atoms with E-state index in [4.69, 9.17) is 9.47 Å². The van der Waals surface area contributed by atoms with Crippen LogP contribution in [0.25, 0.3) is 6.08 Å². The third-order valence-electron chi connectivity index (χ3n) is 7.37. The molecular weight excluding hydrogens is 573 g/mol. The summed E-state index contributed by atoms with van der Waals surface area (Å²) in [7, 11) is 4.91. The number of nitrogens with zero attached hydrogens (tertiary/aromatic N) is 4. The van der Waals surface area contributed by atoms with E-state index in [1.165, 1.54) is 34.1 Å². The van der Waals surface area contributed by atoms with E-state index >= 15 is 0 Å². The van der Waals surface area contributed by atoms with Crippen LogP contribution < -0.4 is 20.1 Å². The number of carbonyl (C=O) groups excluding carboxylic acids is 2. The molecule has 0 saturated heterocycles. The first kappa shape index (κ1) is 31.1. The van der Waals surface area contributed by atoms with Crippen LogP contribution in [0.3, 0.4) is 0 Å². The van der Waals surface area contributed by atoms with Gasteiger partial charge in [-0.05, 0) is 59.9 Å². The number of nitriles is 1. The number of fused-ring (bicyclic) bond motifs is 1. The first-order valence-corrected chi connectivity index (χ1v) is 15.4. The lowest BCUT2D eigenvalue weighted by molar-refractivity contribution is -0.116. The molecular formula is C30H36N6O4S2. The highest BCUT2D eigenvalue weighted by atomic mass is 32.2. The van der Waals surface area contributed by atoms with Gasteiger partial charge in [0.05, 0.1) is 32.1 Å². The topological polar surface area (TPSA) is 131 Å². The van der Waals surface area contributed by atoms with Crippen molar-refractivity contribution in [1.82, 2.24) is 20.1 Å². The van der Waals surface area contributed by atoms with Crippen LogP contribution in [0, 0.1) is 22.7 Å². The van der Waals surface area contributed by atoms with Crippen LogP contribution in [-0.4, -0.2) is 46.6 Å². The minimum atomic E-state index is -0.290. The number of anilines is 1. The largest absolute Gasteiger partial charge is 0.493 e. The summed E-state index contributed by atoms with van der Waals surface area (Å²) in [5.74, 6) is 1.91. The van der Waals surface area contributed by atoms with E-state index in [-0.39, 0.29) is 29.5 Å². The number of aromatic nitrogens is 3. The predicted molar refractivity (Wildman–Crippen MR) is 165 cm³/mol. The van der Waals surface area contributed by atoms with Gasteiger partial charge < -0.3 is 24.7 Å². The van der Waals surface area contributed by atoms with Crippen LogP contribution in [-0.2, 0) is 36.0 Å². The van der Waals surface area contributed by atoms with Crippen molar-refractivity contribution in [3.05, 3.63) is 51.7 Å². The Kier molecular flexibility index (Phi) is 9.96. The van der Waals surface area contributed by atoms with Gasteiger partial charge in [0, 0.05) is 18.0 Å². The van der Waals surface area contributed by atoms with Crippen molar-refractivity contribution in [2.75, 3.05) is 25.3 Å². The highest BCUT2D eigenvalue weighted by Gasteiger charge is 2.32. The van der Waals surface area contributed by atoms with Crippen molar-refractivity contribution >= 4 is 46.0 Å². The second kappa shape index (κ2) is 13.4. The first-order valence-electron chi connectivity index (χ1n) is 13.6. The monoisotopic (exact) mass is 608 g/mol. The lowest BCUT2D eigenvalue weighted by atomic mass is 9.72. The number of ether oxygens (including phenoxy) is 2. The molecule has 0 spiro atoms. The maximum Gasteiger partial charge on any atom is 0.244 e. The zero-order valence-corrected chi connectivity index (χ0v) is 26.4. The highest BCUT2D eigenvalue weighted by molar-refractivity contribution is 7.99. The number of thioether (sulfide) groups is 1. The fourth-order valence-corrected chi connectivity index (χ4v) is 6.83. The lowest BCUT2D eigenvalue weighted by Gasteiger charge is -2.33. The summed E-state index contributed by atoms with van der Waals surface area (Å²) in [5.41, 5.74) is 2.67. The number of hydrogen-bond donors (Lipinski definition) is 2. The van der Waals surface area contributed by atoms with Gasteiger partial charge >= 0.3 is 0 Å². The summed E-state index contributed by atoms with van der Waals surface area (Å²) in [6.07, 6.45) is 5.96. The summed E-state index contributed by atoms with van der Waals surface area (Å²) < 4.78 is 12.3. The number of hydrogen-bond acceptors (Lipinski definition) is 9. The quantitative estimate of drug-likeness (QED) is 0.244. The maximum atomic E-state index is 12.8. The molecule has 0 unspecified atom stereocenters. The molecule has 3 aromatic rings. The Morgan fingerprint density at radius 1 is 1.24 bits per heavy atom. The van der Waals surface area contributed by atoms with Gasteiger partial charge in [-0.15, -0.1) is 21.5 Å². The first-order chi connectivity index (χ1) is 20.0. The van der Waals surface area contributed by atoms with Gasteiger partial charge in [-0.3, -0.25) is 9.59 Å². The Balaban J connectivity index is 1.29. The molecule has 0 radical (unpaired) electrons. The van der Waals surface area contributed by atoms with Crippen molar-refractivity contribution in [3.63, 3.8) is 0 Å². The van der Waals surface area contributed by atoms with Crippen molar-refractivity contribution in [2.24, 2.45) is 18.4 Å². The summed E-state index contributed by atoms with van der Waals surface area (Å²) in [6, 6.07) is 7.69. The molecule has 12 heteroatoms. The van der Waals surface area contributed by atoms with Crippen molar-refractivity contribution in [2.45, 2.75) is 51.7 Å². The van der Waals surface area contributed by atoms with Gasteiger partial charge in [0.1, 0.15) is 11.1 Å². The summed E-state index contributed by atoms with van der Waals surface area (Å²) in [4.78, 5) is 26.4. The van der Waals surface area contributed by atoms with Gasteiger partial charge in [-0.2, -0.15) is 5.26 Å². The van der Waals surface area contributed by atoms with E-state index in [1.54, 1.807) is 44.0 Å². The second-order valence-corrected chi connectivity index (χ2v) is 13.1. The molecule has 2 heterocycles. The Labute approximate surface area is 254 Å². The van der Waals surface area contributed by atoms with Gasteiger partial charge in [-0.1, -0.05) is 38.6 Å². The number of thiophene rings is 1. The molecule has 2 amide bonds. The molecule has 1 aliphatic carbocycles. The molecule has 1 aromatic carbocycles. The van der Waals surface area contributed by atoms with E-state index in [9.17, 15) is 14.9 Å². The minimum absolute atomic E-state index is 0.116. The fraction of sp³-hybridized carbons (Fsp3) is 0.433. The average Bonchev–Trinajstić information content (AvgIpc) is 3.50. The van der Waals surface area contributed by atoms with Gasteiger partial charge in [-0.25, -0.2) is 0 Å². The van der Waals surface area contributed by atoms with E-state index in [0.29, 0.717) is 39.0 Å². The lowest BCUT2D eigenvalue weighted by Crippen LogP contribution is -2.26. The molecule has 0 aliphatic heterocycles. The van der Waals surface area contributed by atoms with Gasteiger partial charge in [0.15, 0.2) is 22.5 Å². The Bertz CT molecular complexity index is 1530. The molecule has 222 valence electrons. The molecule has 1 atom stereocenters. The molecule has 42 heavy (non-hydrogen) atoms. The molecule has 2 aromatic heterocycles. The molecule has 0 fully saturated rings. The second-order valence-electron chi connectivity index (χ2n) is 11.1. The predicted octanol–water partition coefficient (Wildman–Crippen LogP) is 4.98. The Morgan fingerprint density at radius 2 is 2.00 bits per heavy atom. The van der Waals surface area contributed by atoms with Gasteiger partial charge in [0.25, 0.3) is 0 Å². The van der Waals surface area contributed by atoms with Crippen LogP contribution in [0.1, 0.15) is 54.6 Å². The van der Waals surface area contributed by atoms with Crippen molar-refractivity contribution < 1.29 is 19.1 Å². The third-order valence-corrected chi connectivity index (χ3v) is 9.56. The molecule has 0 saturated carbocycles. The van der Waals surface area contributed by atoms with Crippen LogP contribution in [0.2, 0.25) is 0 Å². The van der Waals surface area contributed by atoms with Crippen LogP contribution in [0.15, 0.2) is 29.4 Å². The smallest absolute Gasteiger partial charge is 0.244 e. The number of amides is 2. The number of nitrogens with one attached hydrogen (secondary N) is 2. The number of carbonyl (C=O) groups is 2. The number of rotatable bonds is 10. The Morgan fingerprint density at radius 3 is 2.69 bits per heavy atom. The third kappa shape index (κ3) is 7.33. The SMILES string of the molecule is COc1ccc(/C=C/C(=O)NCc2nnc(SCC(=O)Nc3sc4c(c3C#N)CC[C@@H](C(C)(C)C)C4)n2C)cc1OC. The minimum Gasteiger partial charge on any atom is -0.493 e. The van der Waals surface area contributed by atoms with E-state index in [1.807, 2.05) is 6.07 Å². The summed E-state index contributed by atoms with van der Waals surface area (Å²) in [5, 5.41) is 25.1. The molecule has 0 bridgehead atoms. The van der Waals surface area contributed by atoms with E-state index in [2.05, 4.69) is 47.7 Å². The van der Waals surface area contributed by atoms with Crippen LogP contribution in [0.4, 0.5) is 5.00 Å². The van der Waals surface area contributed by atoms with Crippen molar-refractivity contribution in [3.8, 4) is 17.6 Å². The standard InChI is InChI=1S/C30H36N6O4S2/c1-30(2,3)19-9-10-20-21(15-31)28(42-24(20)14-19)33-27(38)17-41-29-35-34-25(36(29)4)16-32-26(37)12-8-18-7-11-22(39-5)23(13-18)40-6/h7-8,11-13,19H,9-10,14,16-17H2,1-6H3,(H,32,37)(H,33,38)/b12-8+/t19-/m1/s1. The van der Waals surface area contributed by atoms with Crippen LogP contribution in [0.5, 0.6) is 11.5 Å². The number of benzene rings is 1. The van der Waals surface area contributed by atoms with Crippen molar-refractivity contribution in [1.29, 1.82) is 5.26 Å². The summed E-state index contributed by atoms with van der Waals surface area (Å²) >= 11 is 2.77. The normalized spacial score (nSPS) is 14.7. The highest BCUT2D eigenvalue weighted by Crippen LogP contribution is 2.44. The summed E-state index contributed by atoms with van der Waals surface area (Å²) in [6.45, 7) is 6.94. The average molecular weight is 609 g/mol. The fourth-order valence-electron chi connectivity index (χ4n) is 4.80. The molecule has 2 N–H and O–H groups in total. The maximum absolute atomic E-state index is 12.8. The Hall–Kier alpha value is -3.82. The van der Waals surface area contributed by atoms with E-state index in [0.717, 1.165) is 30.4 Å². The number of methoxy groups -OCH3 is 2. The molecule has 10 nitrogen and oxygen atoms in total. The molecule has 1 aliphatic rings. The van der Waals surface area contributed by atoms with E-state index < -0.39 is 0 Å².